The molecule has 7 heteroatoms. The molecule has 29 heavy (non-hydrogen) atoms. The summed E-state index contributed by atoms with van der Waals surface area (Å²) in [6.07, 6.45) is 0.971. The summed E-state index contributed by atoms with van der Waals surface area (Å²) in [5.74, 6) is 0.145. The summed E-state index contributed by atoms with van der Waals surface area (Å²) >= 11 is 1.29. The van der Waals surface area contributed by atoms with Crippen molar-refractivity contribution in [3.8, 4) is 0 Å². The van der Waals surface area contributed by atoms with Crippen molar-refractivity contribution in [2.45, 2.75) is 45.0 Å². The van der Waals surface area contributed by atoms with Gasteiger partial charge in [-0.15, -0.1) is 0 Å². The number of ether oxygens (including phenoxy) is 1. The summed E-state index contributed by atoms with van der Waals surface area (Å²) in [5, 5.41) is 6.11. The monoisotopic (exact) mass is 413 g/mol. The number of fused-ring (bicyclic) bond motifs is 2. The molecular formula is C22H27N3O3S. The van der Waals surface area contributed by atoms with E-state index in [9.17, 15) is 9.59 Å². The fourth-order valence-electron chi connectivity index (χ4n) is 3.08. The van der Waals surface area contributed by atoms with Crippen molar-refractivity contribution < 1.29 is 9.53 Å². The van der Waals surface area contributed by atoms with Crippen LogP contribution in [0.25, 0.3) is 21.7 Å². The van der Waals surface area contributed by atoms with Crippen LogP contribution in [0, 0.1) is 0 Å². The third-order valence-corrected chi connectivity index (χ3v) is 5.51. The van der Waals surface area contributed by atoms with Crippen LogP contribution in [0.4, 0.5) is 0 Å². The van der Waals surface area contributed by atoms with Gasteiger partial charge in [0.2, 0.25) is 5.91 Å². The molecular weight excluding hydrogens is 386 g/mol. The van der Waals surface area contributed by atoms with Crippen molar-refractivity contribution in [3.63, 3.8) is 0 Å². The maximum Gasteiger partial charge on any atom is 0.262 e. The standard InChI is InChI=1S/C22H27N3O3S/c1-4-25-21(27)18-12-16-8-5-6-9-17(16)13-19(18)24-22(25)29-14-20(26)23-10-7-11-28-15(2)3/h5-6,8-9,12-13,15H,4,7,10-11,14H2,1-3H3,(H,23,26). The number of hydrogen-bond acceptors (Lipinski definition) is 5. The number of hydrogen-bond donors (Lipinski definition) is 1. The van der Waals surface area contributed by atoms with Crippen molar-refractivity contribution >= 4 is 39.3 Å². The first-order valence-corrected chi connectivity index (χ1v) is 10.9. The van der Waals surface area contributed by atoms with Gasteiger partial charge in [0.25, 0.3) is 5.56 Å². The summed E-state index contributed by atoms with van der Waals surface area (Å²) in [5.41, 5.74) is 0.587. The number of rotatable bonds is 9. The number of benzene rings is 2. The van der Waals surface area contributed by atoms with Crippen LogP contribution in [0.15, 0.2) is 46.3 Å². The fraction of sp³-hybridized carbons (Fsp3) is 0.409. The van der Waals surface area contributed by atoms with E-state index in [1.54, 1.807) is 4.57 Å². The van der Waals surface area contributed by atoms with Gasteiger partial charge in [-0.3, -0.25) is 14.2 Å². The zero-order valence-electron chi connectivity index (χ0n) is 17.1. The molecule has 2 aromatic carbocycles. The second-order valence-corrected chi connectivity index (χ2v) is 8.01. The average molecular weight is 414 g/mol. The third kappa shape index (κ3) is 5.36. The zero-order valence-corrected chi connectivity index (χ0v) is 17.9. The minimum absolute atomic E-state index is 0.0722. The van der Waals surface area contributed by atoms with E-state index >= 15 is 0 Å². The van der Waals surface area contributed by atoms with E-state index in [0.717, 1.165) is 17.2 Å². The summed E-state index contributed by atoms with van der Waals surface area (Å²) in [6.45, 7) is 7.59. The van der Waals surface area contributed by atoms with Gasteiger partial charge in [0, 0.05) is 19.7 Å². The first-order chi connectivity index (χ1) is 14.0. The van der Waals surface area contributed by atoms with Gasteiger partial charge in [-0.05, 0) is 50.1 Å². The lowest BCUT2D eigenvalue weighted by Crippen LogP contribution is -2.28. The van der Waals surface area contributed by atoms with E-state index in [1.807, 2.05) is 57.2 Å². The lowest BCUT2D eigenvalue weighted by molar-refractivity contribution is -0.118. The lowest BCUT2D eigenvalue weighted by atomic mass is 10.1. The average Bonchev–Trinajstić information content (AvgIpc) is 2.70. The van der Waals surface area contributed by atoms with Crippen LogP contribution in [-0.4, -0.2) is 40.5 Å². The molecule has 0 bridgehead atoms. The molecule has 1 amide bonds. The summed E-state index contributed by atoms with van der Waals surface area (Å²) in [6, 6.07) is 11.7. The normalized spacial score (nSPS) is 11.4. The predicted octanol–water partition coefficient (Wildman–Crippen LogP) is 3.59. The maximum atomic E-state index is 13.0. The van der Waals surface area contributed by atoms with Crippen LogP contribution in [0.3, 0.4) is 0 Å². The molecule has 0 aliphatic heterocycles. The Kier molecular flexibility index (Phi) is 7.28. The first kappa shape index (κ1) is 21.3. The van der Waals surface area contributed by atoms with E-state index in [4.69, 9.17) is 4.74 Å². The highest BCUT2D eigenvalue weighted by Gasteiger charge is 2.13. The fourth-order valence-corrected chi connectivity index (χ4v) is 3.97. The molecule has 0 atom stereocenters. The molecule has 0 fully saturated rings. The molecule has 0 radical (unpaired) electrons. The van der Waals surface area contributed by atoms with Gasteiger partial charge in [0.05, 0.1) is 22.8 Å². The van der Waals surface area contributed by atoms with Crippen LogP contribution in [-0.2, 0) is 16.1 Å². The van der Waals surface area contributed by atoms with Crippen molar-refractivity contribution in [2.75, 3.05) is 18.9 Å². The molecule has 1 N–H and O–H groups in total. The highest BCUT2D eigenvalue weighted by Crippen LogP contribution is 2.22. The number of thioether (sulfide) groups is 1. The van der Waals surface area contributed by atoms with Gasteiger partial charge < -0.3 is 10.1 Å². The topological polar surface area (TPSA) is 73.2 Å². The first-order valence-electron chi connectivity index (χ1n) is 9.94. The molecule has 0 unspecified atom stereocenters. The highest BCUT2D eigenvalue weighted by molar-refractivity contribution is 7.99. The Morgan fingerprint density at radius 1 is 1.24 bits per heavy atom. The minimum atomic E-state index is -0.0740. The van der Waals surface area contributed by atoms with E-state index in [-0.39, 0.29) is 23.3 Å². The van der Waals surface area contributed by atoms with E-state index in [0.29, 0.717) is 35.8 Å². The number of carbonyl (C=O) groups is 1. The third-order valence-electron chi connectivity index (χ3n) is 4.53. The van der Waals surface area contributed by atoms with Crippen LogP contribution in [0.2, 0.25) is 0 Å². The molecule has 0 saturated carbocycles. The lowest BCUT2D eigenvalue weighted by Gasteiger charge is -2.12. The van der Waals surface area contributed by atoms with Gasteiger partial charge in [0.1, 0.15) is 0 Å². The molecule has 154 valence electrons. The molecule has 1 aromatic heterocycles. The molecule has 3 rings (SSSR count). The summed E-state index contributed by atoms with van der Waals surface area (Å²) < 4.78 is 7.09. The van der Waals surface area contributed by atoms with Crippen LogP contribution < -0.4 is 10.9 Å². The summed E-state index contributed by atoms with van der Waals surface area (Å²) in [7, 11) is 0. The molecule has 0 aliphatic rings. The van der Waals surface area contributed by atoms with Crippen molar-refractivity contribution in [1.29, 1.82) is 0 Å². The minimum Gasteiger partial charge on any atom is -0.379 e. The molecule has 6 nitrogen and oxygen atoms in total. The van der Waals surface area contributed by atoms with E-state index in [2.05, 4.69) is 10.3 Å². The Balaban J connectivity index is 1.72. The maximum absolute atomic E-state index is 13.0. The number of carbonyl (C=O) groups excluding carboxylic acids is 1. The van der Waals surface area contributed by atoms with Gasteiger partial charge in [0.15, 0.2) is 5.16 Å². The van der Waals surface area contributed by atoms with Gasteiger partial charge >= 0.3 is 0 Å². The van der Waals surface area contributed by atoms with E-state index < -0.39 is 0 Å². The molecule has 1 heterocycles. The highest BCUT2D eigenvalue weighted by atomic mass is 32.2. The second kappa shape index (κ2) is 9.89. The Hall–Kier alpha value is -2.38. The summed E-state index contributed by atoms with van der Waals surface area (Å²) in [4.78, 5) is 29.8. The van der Waals surface area contributed by atoms with Gasteiger partial charge in [-0.1, -0.05) is 36.0 Å². The van der Waals surface area contributed by atoms with Crippen LogP contribution in [0.1, 0.15) is 27.2 Å². The Morgan fingerprint density at radius 2 is 1.97 bits per heavy atom. The second-order valence-electron chi connectivity index (χ2n) is 7.07. The Morgan fingerprint density at radius 3 is 2.66 bits per heavy atom. The van der Waals surface area contributed by atoms with Gasteiger partial charge in [-0.25, -0.2) is 4.98 Å². The van der Waals surface area contributed by atoms with Crippen molar-refractivity contribution in [1.82, 2.24) is 14.9 Å². The largest absolute Gasteiger partial charge is 0.379 e. The molecule has 0 aliphatic carbocycles. The van der Waals surface area contributed by atoms with Gasteiger partial charge in [-0.2, -0.15) is 0 Å². The molecule has 0 spiro atoms. The quantitative estimate of drug-likeness (QED) is 0.251. The van der Waals surface area contributed by atoms with Crippen LogP contribution >= 0.6 is 11.8 Å². The smallest absolute Gasteiger partial charge is 0.262 e. The number of aromatic nitrogens is 2. The number of amides is 1. The number of nitrogens with zero attached hydrogens (tertiary/aromatic N) is 2. The van der Waals surface area contributed by atoms with Crippen molar-refractivity contribution in [3.05, 3.63) is 46.8 Å². The number of nitrogens with one attached hydrogen (secondary N) is 1. The van der Waals surface area contributed by atoms with Crippen LogP contribution in [0.5, 0.6) is 0 Å². The molecule has 3 aromatic rings. The van der Waals surface area contributed by atoms with Crippen molar-refractivity contribution in [2.24, 2.45) is 0 Å². The molecule has 0 saturated heterocycles. The Labute approximate surface area is 174 Å². The van der Waals surface area contributed by atoms with E-state index in [1.165, 1.54) is 11.8 Å². The Bertz CT molecular complexity index is 1060. The SMILES string of the molecule is CCn1c(SCC(=O)NCCCOC(C)C)nc2cc3ccccc3cc2c1=O. The predicted molar refractivity (Wildman–Crippen MR) is 119 cm³/mol. The zero-order chi connectivity index (χ0) is 20.8.